The van der Waals surface area contributed by atoms with Crippen molar-refractivity contribution < 1.29 is 8.42 Å². The number of rotatable bonds is 5. The first-order chi connectivity index (χ1) is 11.5. The van der Waals surface area contributed by atoms with Crippen molar-refractivity contribution in [2.75, 3.05) is 6.26 Å². The summed E-state index contributed by atoms with van der Waals surface area (Å²) in [5.74, 6) is 0.382. The summed E-state index contributed by atoms with van der Waals surface area (Å²) >= 11 is 1.09. The smallest absolute Gasteiger partial charge is 0.271 e. The number of sulfonamides is 1. The Morgan fingerprint density at radius 2 is 1.56 bits per heavy atom. The molecule has 0 fully saturated rings. The zero-order chi connectivity index (χ0) is 19.4. The van der Waals surface area contributed by atoms with Gasteiger partial charge in [-0.25, -0.2) is 0 Å². The van der Waals surface area contributed by atoms with Crippen LogP contribution in [0.1, 0.15) is 76.0 Å². The number of hydrogen-bond donors (Lipinski definition) is 1. The Morgan fingerprint density at radius 3 is 1.88 bits per heavy atom. The van der Waals surface area contributed by atoms with Crippen LogP contribution in [0.4, 0.5) is 0 Å². The van der Waals surface area contributed by atoms with E-state index in [0.717, 1.165) is 28.5 Å². The number of amidine groups is 1. The standard InChI is InChI=1S/C18H27N3O2S2/c1-11(2)14-8-15(12(3)4)17(16(9-14)13(5)6)25(22,23)21-18(24-7)20-10-19/h8-9,11-13H,1-7H3,(H,20,21). The van der Waals surface area contributed by atoms with Gasteiger partial charge in [0.15, 0.2) is 11.4 Å². The van der Waals surface area contributed by atoms with Gasteiger partial charge in [0.05, 0.1) is 4.90 Å². The molecule has 0 unspecified atom stereocenters. The van der Waals surface area contributed by atoms with Crippen molar-refractivity contribution >= 4 is 27.0 Å². The monoisotopic (exact) mass is 381 g/mol. The molecule has 0 amide bonds. The van der Waals surface area contributed by atoms with Crippen molar-refractivity contribution in [3.05, 3.63) is 28.8 Å². The molecule has 0 bridgehead atoms. The third-order valence-corrected chi connectivity index (χ3v) is 6.00. The highest BCUT2D eigenvalue weighted by atomic mass is 32.2. The molecule has 0 aliphatic heterocycles. The number of nitrogens with one attached hydrogen (secondary N) is 1. The van der Waals surface area contributed by atoms with E-state index in [4.69, 9.17) is 5.26 Å². The topological polar surface area (TPSA) is 82.3 Å². The zero-order valence-corrected chi connectivity index (χ0v) is 17.5. The van der Waals surface area contributed by atoms with E-state index in [-0.39, 0.29) is 21.9 Å². The minimum absolute atomic E-state index is 0.0397. The van der Waals surface area contributed by atoms with Crippen molar-refractivity contribution in [3.63, 3.8) is 0 Å². The average Bonchev–Trinajstić information content (AvgIpc) is 2.52. The van der Waals surface area contributed by atoms with Gasteiger partial charge in [0, 0.05) is 0 Å². The fraction of sp³-hybridized carbons (Fsp3) is 0.556. The van der Waals surface area contributed by atoms with Gasteiger partial charge in [-0.05, 0) is 40.7 Å². The predicted octanol–water partition coefficient (Wildman–Crippen LogP) is 4.54. The Kier molecular flexibility index (Phi) is 7.51. The first-order valence-corrected chi connectivity index (χ1v) is 10.9. The number of benzene rings is 1. The molecule has 0 aliphatic rings. The molecule has 1 N–H and O–H groups in total. The lowest BCUT2D eigenvalue weighted by Gasteiger charge is -2.21. The van der Waals surface area contributed by atoms with E-state index in [1.165, 1.54) is 0 Å². The molecule has 0 aliphatic carbocycles. The molecule has 0 radical (unpaired) electrons. The maximum absolute atomic E-state index is 13.1. The fourth-order valence-corrected chi connectivity index (χ4v) is 4.78. The van der Waals surface area contributed by atoms with Crippen molar-refractivity contribution in [2.24, 2.45) is 4.40 Å². The molecule has 138 valence electrons. The maximum atomic E-state index is 13.1. The largest absolute Gasteiger partial charge is 0.285 e. The molecule has 0 aromatic heterocycles. The van der Waals surface area contributed by atoms with Gasteiger partial charge in [0.25, 0.3) is 10.0 Å². The summed E-state index contributed by atoms with van der Waals surface area (Å²) in [4.78, 5) is 0.271. The molecule has 0 saturated heterocycles. The first-order valence-electron chi connectivity index (χ1n) is 8.26. The predicted molar refractivity (Wildman–Crippen MR) is 106 cm³/mol. The molecule has 1 rings (SSSR count). The molecule has 0 heterocycles. The molecule has 5 nitrogen and oxygen atoms in total. The van der Waals surface area contributed by atoms with Crippen molar-refractivity contribution in [3.8, 4) is 6.19 Å². The van der Waals surface area contributed by atoms with E-state index >= 15 is 0 Å². The van der Waals surface area contributed by atoms with Gasteiger partial charge in [-0.2, -0.15) is 13.7 Å². The second-order valence-corrected chi connectivity index (χ2v) is 9.14. The van der Waals surface area contributed by atoms with E-state index in [2.05, 4.69) is 23.6 Å². The number of nitrogens with zero attached hydrogens (tertiary/aromatic N) is 2. The van der Waals surface area contributed by atoms with Gasteiger partial charge >= 0.3 is 0 Å². The van der Waals surface area contributed by atoms with Crippen LogP contribution in [0.15, 0.2) is 21.4 Å². The summed E-state index contributed by atoms with van der Waals surface area (Å²) in [7, 11) is -3.93. The Bertz CT molecular complexity index is 760. The van der Waals surface area contributed by atoms with Crippen LogP contribution in [0.25, 0.3) is 0 Å². The van der Waals surface area contributed by atoms with Crippen LogP contribution in [-0.4, -0.2) is 19.8 Å². The lowest BCUT2D eigenvalue weighted by molar-refractivity contribution is 0.592. The molecule has 0 atom stereocenters. The van der Waals surface area contributed by atoms with Crippen molar-refractivity contribution in [1.29, 1.82) is 5.26 Å². The van der Waals surface area contributed by atoms with Gasteiger partial charge in [-0.1, -0.05) is 65.4 Å². The van der Waals surface area contributed by atoms with Gasteiger partial charge in [0.1, 0.15) is 0 Å². The molecule has 1 aromatic rings. The Balaban J connectivity index is 3.81. The number of hydrogen-bond acceptors (Lipinski definition) is 4. The second kappa shape index (κ2) is 8.72. The lowest BCUT2D eigenvalue weighted by Crippen LogP contribution is -2.18. The average molecular weight is 382 g/mol. The minimum Gasteiger partial charge on any atom is -0.271 e. The van der Waals surface area contributed by atoms with E-state index in [1.807, 2.05) is 39.8 Å². The quantitative estimate of drug-likeness (QED) is 0.350. The maximum Gasteiger partial charge on any atom is 0.285 e. The summed E-state index contributed by atoms with van der Waals surface area (Å²) in [6.45, 7) is 12.1. The van der Waals surface area contributed by atoms with Crippen LogP contribution in [0.3, 0.4) is 0 Å². The third kappa shape index (κ3) is 5.23. The van der Waals surface area contributed by atoms with Gasteiger partial charge in [-0.15, -0.1) is 4.40 Å². The first kappa shape index (κ1) is 21.5. The van der Waals surface area contributed by atoms with Crippen molar-refractivity contribution in [1.82, 2.24) is 5.32 Å². The molecule has 1 aromatic carbocycles. The molecule has 25 heavy (non-hydrogen) atoms. The van der Waals surface area contributed by atoms with Crippen LogP contribution < -0.4 is 5.32 Å². The van der Waals surface area contributed by atoms with Gasteiger partial charge in [-0.3, -0.25) is 5.32 Å². The summed E-state index contributed by atoms with van der Waals surface area (Å²) < 4.78 is 30.0. The van der Waals surface area contributed by atoms with Gasteiger partial charge in [0.2, 0.25) is 0 Å². The summed E-state index contributed by atoms with van der Waals surface area (Å²) in [6, 6.07) is 3.94. The second-order valence-electron chi connectivity index (χ2n) is 6.81. The Morgan fingerprint density at radius 1 is 1.08 bits per heavy atom. The van der Waals surface area contributed by atoms with Gasteiger partial charge < -0.3 is 0 Å². The fourth-order valence-electron chi connectivity index (χ4n) is 2.50. The highest BCUT2D eigenvalue weighted by Gasteiger charge is 2.27. The molecule has 0 spiro atoms. The Hall–Kier alpha value is -1.52. The van der Waals surface area contributed by atoms with E-state index in [9.17, 15) is 8.42 Å². The zero-order valence-electron chi connectivity index (χ0n) is 15.9. The van der Waals surface area contributed by atoms with Crippen LogP contribution in [0.5, 0.6) is 0 Å². The third-order valence-electron chi connectivity index (χ3n) is 3.90. The van der Waals surface area contributed by atoms with Crippen LogP contribution >= 0.6 is 11.8 Å². The van der Waals surface area contributed by atoms with Crippen LogP contribution in [0, 0.1) is 11.5 Å². The van der Waals surface area contributed by atoms with Crippen molar-refractivity contribution in [2.45, 2.75) is 64.2 Å². The normalized spacial score (nSPS) is 12.8. The molecular weight excluding hydrogens is 354 g/mol. The summed E-state index contributed by atoms with van der Waals surface area (Å²) in [5, 5.41) is 11.2. The molecule has 7 heteroatoms. The molecule has 0 saturated carbocycles. The van der Waals surface area contributed by atoms with E-state index < -0.39 is 10.0 Å². The highest BCUT2D eigenvalue weighted by Crippen LogP contribution is 2.36. The number of thioether (sulfide) groups is 1. The highest BCUT2D eigenvalue weighted by molar-refractivity contribution is 8.13. The van der Waals surface area contributed by atoms with Crippen LogP contribution in [-0.2, 0) is 10.0 Å². The lowest BCUT2D eigenvalue weighted by atomic mass is 9.89. The Labute approximate surface area is 156 Å². The minimum atomic E-state index is -3.93. The summed E-state index contributed by atoms with van der Waals surface area (Å²) in [6.07, 6.45) is 3.40. The number of nitriles is 1. The van der Waals surface area contributed by atoms with Crippen LogP contribution in [0.2, 0.25) is 0 Å². The van der Waals surface area contributed by atoms with E-state index in [0.29, 0.717) is 5.92 Å². The van der Waals surface area contributed by atoms with E-state index in [1.54, 1.807) is 12.4 Å². The summed E-state index contributed by atoms with van der Waals surface area (Å²) in [5.41, 5.74) is 2.67. The SMILES string of the molecule is CS/C(=N\S(=O)(=O)c1c(C(C)C)cc(C(C)C)cc1C(C)C)NC#N. The molecular formula is C18H27N3O2S2.